The van der Waals surface area contributed by atoms with Gasteiger partial charge in [-0.1, -0.05) is 70.8 Å². The fourth-order valence-electron chi connectivity index (χ4n) is 8.11. The van der Waals surface area contributed by atoms with Crippen LogP contribution in [0.2, 0.25) is 0 Å². The summed E-state index contributed by atoms with van der Waals surface area (Å²) in [6.07, 6.45) is 19.1. The summed E-state index contributed by atoms with van der Waals surface area (Å²) in [4.78, 5) is 51.9. The fourth-order valence-corrected chi connectivity index (χ4v) is 8.99. The van der Waals surface area contributed by atoms with E-state index in [1.165, 1.54) is 0 Å². The Kier molecular flexibility index (Phi) is 29.8. The number of esters is 2. The van der Waals surface area contributed by atoms with Crippen LogP contribution in [-0.2, 0) is 38.1 Å². The molecule has 1 aromatic carbocycles. The molecule has 1 heterocycles. The molecule has 2 N–H and O–H groups in total. The molecule has 0 bridgehead atoms. The molecular formula is C57H85N5O10S. The summed E-state index contributed by atoms with van der Waals surface area (Å²) >= 11 is 1.14. The van der Waals surface area contributed by atoms with Crippen LogP contribution >= 0.6 is 11.3 Å². The number of benzene rings is 1. The average Bonchev–Trinajstić information content (AvgIpc) is 3.65. The van der Waals surface area contributed by atoms with Crippen molar-refractivity contribution in [3.63, 3.8) is 0 Å². The zero-order chi connectivity index (χ0) is 54.4. The number of anilines is 1. The van der Waals surface area contributed by atoms with Gasteiger partial charge in [-0.25, -0.2) is 0 Å². The zero-order valence-electron chi connectivity index (χ0n) is 45.5. The van der Waals surface area contributed by atoms with Crippen LogP contribution in [0.3, 0.4) is 0 Å². The number of carbonyl (C=O) groups is 4. The van der Waals surface area contributed by atoms with Gasteiger partial charge in [-0.2, -0.15) is 10.5 Å². The normalized spacial score (nSPS) is 13.7. The first-order chi connectivity index (χ1) is 34.7. The summed E-state index contributed by atoms with van der Waals surface area (Å²) in [6, 6.07) is 10.2. The van der Waals surface area contributed by atoms with E-state index in [9.17, 15) is 39.9 Å². The van der Waals surface area contributed by atoms with Gasteiger partial charge < -0.3 is 34.1 Å². The molecular weight excluding hydrogens is 947 g/mol. The molecule has 0 fully saturated rings. The van der Waals surface area contributed by atoms with Crippen molar-refractivity contribution in [2.45, 2.75) is 202 Å². The van der Waals surface area contributed by atoms with Crippen LogP contribution in [-0.4, -0.2) is 83.8 Å². The number of allylic oxidation sites excluding steroid dienone is 4. The Hall–Kier alpha value is -5.42. The van der Waals surface area contributed by atoms with Gasteiger partial charge in [0.25, 0.3) is 0 Å². The number of rotatable bonds is 38. The molecule has 1 aromatic heterocycles. The number of hydrogen-bond donors (Lipinski definition) is 2. The predicted octanol–water partition coefficient (Wildman–Crippen LogP) is 14.0. The second-order valence-electron chi connectivity index (χ2n) is 20.1. The van der Waals surface area contributed by atoms with Crippen molar-refractivity contribution in [3.8, 4) is 12.1 Å². The van der Waals surface area contributed by atoms with Crippen molar-refractivity contribution in [1.82, 2.24) is 0 Å². The molecule has 2 aromatic rings. The van der Waals surface area contributed by atoms with E-state index in [1.807, 2.05) is 71.1 Å². The van der Waals surface area contributed by atoms with Gasteiger partial charge in [-0.3, -0.25) is 19.2 Å². The minimum absolute atomic E-state index is 0.0191. The van der Waals surface area contributed by atoms with Crippen LogP contribution < -0.4 is 4.90 Å². The summed E-state index contributed by atoms with van der Waals surface area (Å²) in [5.74, 6) is -4.82. The van der Waals surface area contributed by atoms with Gasteiger partial charge in [0.05, 0.1) is 60.3 Å². The zero-order valence-corrected chi connectivity index (χ0v) is 46.3. The summed E-state index contributed by atoms with van der Waals surface area (Å²) < 4.78 is 23.9. The molecule has 16 heteroatoms. The number of unbranched alkanes of at least 4 members (excludes halogenated alkanes) is 6. The van der Waals surface area contributed by atoms with Gasteiger partial charge in [-0.15, -0.1) is 21.6 Å². The van der Waals surface area contributed by atoms with E-state index in [-0.39, 0.29) is 51.0 Å². The molecule has 73 heavy (non-hydrogen) atoms. The maximum Gasteiger partial charge on any atom is 0.307 e. The first kappa shape index (κ1) is 63.7. The Morgan fingerprint density at radius 3 is 1.71 bits per heavy atom. The second-order valence-corrected chi connectivity index (χ2v) is 21.1. The molecule has 0 amide bonds. The molecule has 0 spiro atoms. The molecule has 404 valence electrons. The Morgan fingerprint density at radius 1 is 0.740 bits per heavy atom. The third kappa shape index (κ3) is 24.4. The maximum absolute atomic E-state index is 12.7. The summed E-state index contributed by atoms with van der Waals surface area (Å²) in [5, 5.41) is 47.9. The van der Waals surface area contributed by atoms with Gasteiger partial charge in [0.2, 0.25) is 0 Å². The number of nitriles is 2. The number of azo groups is 1. The van der Waals surface area contributed by atoms with Crippen LogP contribution in [0.4, 0.5) is 16.4 Å². The van der Waals surface area contributed by atoms with E-state index >= 15 is 0 Å². The highest BCUT2D eigenvalue weighted by molar-refractivity contribution is 7.16. The predicted molar refractivity (Wildman–Crippen MR) is 288 cm³/mol. The van der Waals surface area contributed by atoms with Crippen LogP contribution in [0.25, 0.3) is 0 Å². The summed E-state index contributed by atoms with van der Waals surface area (Å²) in [7, 11) is 0. The first-order valence-electron chi connectivity index (χ1n) is 26.3. The molecule has 2 rings (SSSR count). The number of thiophene rings is 1. The molecule has 0 radical (unpaired) electrons. The molecule has 0 aliphatic carbocycles. The number of carbonyl (C=O) groups excluding carboxylic acids is 2. The SMILES string of the molecule is CCCCCC=CCC(CC(=O)OCCC(C)(C)OCCC(C)N(c1ccc(N=Nc2sc(C#N)c(C)c2C#N)c(C)c1)C(CC)CCOC(C)(C)CCOC(=O)CC(CC=CCCCCC)C(=O)O)C(=O)O. The van der Waals surface area contributed by atoms with Crippen LogP contribution in [0.15, 0.2) is 52.7 Å². The van der Waals surface area contributed by atoms with E-state index < -0.39 is 46.9 Å². The molecule has 0 saturated heterocycles. The average molecular weight is 1030 g/mol. The molecule has 4 unspecified atom stereocenters. The van der Waals surface area contributed by atoms with Crippen LogP contribution in [0.5, 0.6) is 0 Å². The second kappa shape index (κ2) is 34.1. The minimum Gasteiger partial charge on any atom is -0.481 e. The van der Waals surface area contributed by atoms with Gasteiger partial charge in [0.1, 0.15) is 17.0 Å². The lowest BCUT2D eigenvalue weighted by atomic mass is 10.0. The number of ether oxygens (including phenoxy) is 4. The van der Waals surface area contributed by atoms with Crippen LogP contribution in [0.1, 0.15) is 186 Å². The summed E-state index contributed by atoms with van der Waals surface area (Å²) in [6.45, 7) is 21.0. The fraction of sp³-hybridized carbons (Fsp3) is 0.649. The number of carboxylic acid groups (broad SMARTS) is 2. The Balaban J connectivity index is 2.16. The van der Waals surface area contributed by atoms with Crippen molar-refractivity contribution in [3.05, 3.63) is 64.1 Å². The molecule has 0 saturated carbocycles. The van der Waals surface area contributed by atoms with Gasteiger partial charge in [-0.05, 0) is 136 Å². The van der Waals surface area contributed by atoms with Crippen molar-refractivity contribution in [2.24, 2.45) is 22.1 Å². The highest BCUT2D eigenvalue weighted by atomic mass is 32.1. The quantitative estimate of drug-likeness (QED) is 0.0277. The summed E-state index contributed by atoms with van der Waals surface area (Å²) in [5.41, 5.74) is 2.10. The number of nitrogens with zero attached hydrogens (tertiary/aromatic N) is 5. The van der Waals surface area contributed by atoms with Crippen molar-refractivity contribution in [1.29, 1.82) is 10.5 Å². The highest BCUT2D eigenvalue weighted by Crippen LogP contribution is 2.37. The molecule has 4 atom stereocenters. The number of aryl methyl sites for hydroxylation is 1. The standard InChI is InChI=1S/C57H85N5O10S/c1-11-14-16-18-20-22-24-44(54(65)66)37-51(63)69-34-30-56(7,8)71-32-28-42(5)62(47-26-27-49(41(4)36-47)60-61-53-48(39-58)43(6)50(40-59)73-53)46(13-3)29-33-72-57(9,10)31-35-70-52(64)38-45(55(67)68)25-23-21-19-17-15-12-2/h20-23,26-27,36,42,44-46H,11-19,24-25,28-35,37-38H2,1-10H3,(H,65,66)(H,67,68). The van der Waals surface area contributed by atoms with Gasteiger partial charge >= 0.3 is 23.9 Å². The molecule has 15 nitrogen and oxygen atoms in total. The van der Waals surface area contributed by atoms with E-state index in [2.05, 4.69) is 61.0 Å². The van der Waals surface area contributed by atoms with E-state index in [0.29, 0.717) is 65.6 Å². The Morgan fingerprint density at radius 2 is 1.26 bits per heavy atom. The number of carboxylic acids is 2. The lowest BCUT2D eigenvalue weighted by molar-refractivity contribution is -0.152. The van der Waals surface area contributed by atoms with Crippen molar-refractivity contribution < 1.29 is 48.3 Å². The molecule has 0 aliphatic rings. The van der Waals surface area contributed by atoms with Crippen molar-refractivity contribution >= 4 is 51.6 Å². The monoisotopic (exact) mass is 1030 g/mol. The first-order valence-corrected chi connectivity index (χ1v) is 27.1. The largest absolute Gasteiger partial charge is 0.481 e. The lowest BCUT2D eigenvalue weighted by Gasteiger charge is -2.39. The minimum atomic E-state index is -1.02. The third-order valence-corrected chi connectivity index (χ3v) is 14.0. The highest BCUT2D eigenvalue weighted by Gasteiger charge is 2.28. The van der Waals surface area contributed by atoms with Gasteiger partial charge in [0.15, 0.2) is 5.00 Å². The third-order valence-electron chi connectivity index (χ3n) is 13.0. The smallest absolute Gasteiger partial charge is 0.307 e. The number of aliphatic carboxylic acids is 2. The van der Waals surface area contributed by atoms with E-state index in [1.54, 1.807) is 6.92 Å². The molecule has 0 aliphatic heterocycles. The van der Waals surface area contributed by atoms with Crippen molar-refractivity contribution in [2.75, 3.05) is 31.3 Å². The van der Waals surface area contributed by atoms with Crippen LogP contribution in [0, 0.1) is 48.3 Å². The van der Waals surface area contributed by atoms with E-state index in [4.69, 9.17) is 18.9 Å². The lowest BCUT2D eigenvalue weighted by Crippen LogP contribution is -2.44. The van der Waals surface area contributed by atoms with Gasteiger partial charge in [0, 0.05) is 43.8 Å². The maximum atomic E-state index is 12.7. The topological polar surface area (TPSA) is 221 Å². The number of hydrogen-bond acceptors (Lipinski definition) is 14. The Labute approximate surface area is 440 Å². The van der Waals surface area contributed by atoms with E-state index in [0.717, 1.165) is 80.4 Å². The Bertz CT molecular complexity index is 2200.